The summed E-state index contributed by atoms with van der Waals surface area (Å²) in [5.74, 6) is 2.20. The molecule has 6 rings (SSSR count). The minimum Gasteiger partial charge on any atom is -0.497 e. The summed E-state index contributed by atoms with van der Waals surface area (Å²) in [6.07, 6.45) is 8.09. The highest BCUT2D eigenvalue weighted by atomic mass is 16.5. The van der Waals surface area contributed by atoms with Crippen LogP contribution in [-0.4, -0.2) is 56.5 Å². The molecule has 1 aromatic carbocycles. The zero-order chi connectivity index (χ0) is 25.2. The first-order chi connectivity index (χ1) is 18.2. The van der Waals surface area contributed by atoms with Crippen molar-refractivity contribution in [3.05, 3.63) is 70.2 Å². The number of benzene rings is 1. The van der Waals surface area contributed by atoms with Crippen LogP contribution in [0.2, 0.25) is 0 Å². The van der Waals surface area contributed by atoms with Gasteiger partial charge in [-0.25, -0.2) is 4.68 Å². The summed E-state index contributed by atoms with van der Waals surface area (Å²) >= 11 is 0. The fourth-order valence-electron chi connectivity index (χ4n) is 5.73. The van der Waals surface area contributed by atoms with E-state index in [1.165, 1.54) is 0 Å². The van der Waals surface area contributed by atoms with Gasteiger partial charge >= 0.3 is 0 Å². The fourth-order valence-corrected chi connectivity index (χ4v) is 5.73. The SMILES string of the molecule is COc1ccc2[nH]c(=O)c([C@@H](c3nnnn3C3CCCC3)N(Cc3ccco3)C[C@@H]3CCCO3)cc2c1. The van der Waals surface area contributed by atoms with Gasteiger partial charge in [0.25, 0.3) is 5.56 Å². The van der Waals surface area contributed by atoms with Crippen LogP contribution in [0.5, 0.6) is 5.75 Å². The average molecular weight is 505 g/mol. The molecule has 3 aromatic heterocycles. The van der Waals surface area contributed by atoms with E-state index in [2.05, 4.69) is 25.4 Å². The summed E-state index contributed by atoms with van der Waals surface area (Å²) in [4.78, 5) is 19.0. The molecular weight excluding hydrogens is 472 g/mol. The number of nitrogens with zero attached hydrogens (tertiary/aromatic N) is 5. The number of hydrogen-bond acceptors (Lipinski definition) is 8. The number of fused-ring (bicyclic) bond motifs is 1. The van der Waals surface area contributed by atoms with Gasteiger partial charge in [0.15, 0.2) is 5.82 Å². The van der Waals surface area contributed by atoms with Crippen molar-refractivity contribution in [2.75, 3.05) is 20.3 Å². The average Bonchev–Trinajstić information content (AvgIpc) is 3.73. The van der Waals surface area contributed by atoms with E-state index < -0.39 is 6.04 Å². The number of methoxy groups -OCH3 is 1. The van der Waals surface area contributed by atoms with E-state index in [4.69, 9.17) is 13.9 Å². The fraction of sp³-hybridized carbons (Fsp3) is 0.481. The Morgan fingerprint density at radius 2 is 2.08 bits per heavy atom. The summed E-state index contributed by atoms with van der Waals surface area (Å²) < 4.78 is 19.2. The first-order valence-electron chi connectivity index (χ1n) is 13.1. The van der Waals surface area contributed by atoms with Crippen LogP contribution in [0.1, 0.15) is 67.8 Å². The van der Waals surface area contributed by atoms with Crippen LogP contribution in [0.4, 0.5) is 0 Å². The zero-order valence-electron chi connectivity index (χ0n) is 21.0. The molecule has 1 aliphatic heterocycles. The third-order valence-electron chi connectivity index (χ3n) is 7.57. The first kappa shape index (κ1) is 23.9. The second-order valence-electron chi connectivity index (χ2n) is 9.97. The predicted octanol–water partition coefficient (Wildman–Crippen LogP) is 4.00. The number of nitrogens with one attached hydrogen (secondary N) is 1. The molecule has 2 atom stereocenters. The number of furan rings is 1. The molecule has 10 heteroatoms. The van der Waals surface area contributed by atoms with E-state index in [9.17, 15) is 4.79 Å². The number of aromatic amines is 1. The maximum atomic E-state index is 13.7. The summed E-state index contributed by atoms with van der Waals surface area (Å²) in [7, 11) is 1.64. The van der Waals surface area contributed by atoms with Gasteiger partial charge in [-0.05, 0) is 72.5 Å². The standard InChI is InChI=1S/C27H32N6O4/c1-35-20-10-11-24-18(14-20)15-23(27(34)28-24)25(26-29-30-31-33(26)19-6-2-3-7-19)32(16-21-8-4-12-36-21)17-22-9-5-13-37-22/h4,8,10-12,14-15,19,22,25H,2-3,5-7,9,13,16-17H2,1H3,(H,28,34)/t22-,25-/m0/s1. The Morgan fingerprint density at radius 1 is 1.19 bits per heavy atom. The van der Waals surface area contributed by atoms with Crippen molar-refractivity contribution >= 4 is 10.9 Å². The maximum absolute atomic E-state index is 13.7. The largest absolute Gasteiger partial charge is 0.497 e. The van der Waals surface area contributed by atoms with Gasteiger partial charge in [0.05, 0.1) is 32.1 Å². The van der Waals surface area contributed by atoms with E-state index in [0.29, 0.717) is 24.5 Å². The Balaban J connectivity index is 1.50. The smallest absolute Gasteiger partial charge is 0.253 e. The van der Waals surface area contributed by atoms with Crippen molar-refractivity contribution in [1.29, 1.82) is 0 Å². The number of H-pyrrole nitrogens is 1. The van der Waals surface area contributed by atoms with E-state index >= 15 is 0 Å². The monoisotopic (exact) mass is 504 g/mol. The van der Waals surface area contributed by atoms with Crippen LogP contribution in [0.25, 0.3) is 10.9 Å². The molecule has 2 fully saturated rings. The molecule has 0 bridgehead atoms. The molecule has 1 N–H and O–H groups in total. The van der Waals surface area contributed by atoms with Crippen LogP contribution in [0.15, 0.2) is 51.9 Å². The molecule has 4 heterocycles. The normalized spacial score (nSPS) is 19.2. The molecule has 1 aliphatic carbocycles. The van der Waals surface area contributed by atoms with Crippen LogP contribution in [0, 0.1) is 0 Å². The number of tetrazole rings is 1. The van der Waals surface area contributed by atoms with E-state index in [-0.39, 0.29) is 17.7 Å². The highest BCUT2D eigenvalue weighted by molar-refractivity contribution is 5.80. The molecule has 1 saturated carbocycles. The van der Waals surface area contributed by atoms with Crippen molar-refractivity contribution in [2.45, 2.75) is 63.3 Å². The van der Waals surface area contributed by atoms with E-state index in [1.807, 2.05) is 41.1 Å². The van der Waals surface area contributed by atoms with Gasteiger partial charge in [-0.3, -0.25) is 9.69 Å². The van der Waals surface area contributed by atoms with Crippen LogP contribution < -0.4 is 10.3 Å². The van der Waals surface area contributed by atoms with Crippen LogP contribution in [0.3, 0.4) is 0 Å². The molecule has 10 nitrogen and oxygen atoms in total. The van der Waals surface area contributed by atoms with Crippen molar-refractivity contribution < 1.29 is 13.9 Å². The second-order valence-corrected chi connectivity index (χ2v) is 9.97. The van der Waals surface area contributed by atoms with Gasteiger partial charge in [-0.1, -0.05) is 12.8 Å². The Kier molecular flexibility index (Phi) is 6.75. The Hall–Kier alpha value is -3.50. The maximum Gasteiger partial charge on any atom is 0.253 e. The quantitative estimate of drug-likeness (QED) is 0.364. The predicted molar refractivity (Wildman–Crippen MR) is 136 cm³/mol. The lowest BCUT2D eigenvalue weighted by Gasteiger charge is -2.32. The Labute approximate surface area is 214 Å². The highest BCUT2D eigenvalue weighted by Crippen LogP contribution is 2.35. The van der Waals surface area contributed by atoms with E-state index in [1.54, 1.807) is 13.4 Å². The van der Waals surface area contributed by atoms with Crippen LogP contribution >= 0.6 is 0 Å². The van der Waals surface area contributed by atoms with Gasteiger partial charge in [-0.15, -0.1) is 5.10 Å². The summed E-state index contributed by atoms with van der Waals surface area (Å²) in [5, 5.41) is 13.9. The molecule has 0 spiro atoms. The number of rotatable bonds is 9. The summed E-state index contributed by atoms with van der Waals surface area (Å²) in [6, 6.07) is 11.1. The summed E-state index contributed by atoms with van der Waals surface area (Å²) in [6.45, 7) is 1.86. The van der Waals surface area contributed by atoms with Gasteiger partial charge in [-0.2, -0.15) is 0 Å². The Morgan fingerprint density at radius 3 is 2.84 bits per heavy atom. The number of hydrogen-bond donors (Lipinski definition) is 1. The van der Waals surface area contributed by atoms with Gasteiger partial charge < -0.3 is 18.9 Å². The molecular formula is C27H32N6O4. The first-order valence-corrected chi connectivity index (χ1v) is 13.1. The lowest BCUT2D eigenvalue weighted by molar-refractivity contribution is 0.0541. The van der Waals surface area contributed by atoms with Crippen molar-refractivity contribution in [3.63, 3.8) is 0 Å². The number of pyridine rings is 1. The van der Waals surface area contributed by atoms with Crippen LogP contribution in [-0.2, 0) is 11.3 Å². The molecule has 0 amide bonds. The molecule has 0 unspecified atom stereocenters. The third-order valence-corrected chi connectivity index (χ3v) is 7.57. The lowest BCUT2D eigenvalue weighted by atomic mass is 10.0. The number of ether oxygens (including phenoxy) is 2. The van der Waals surface area contributed by atoms with Gasteiger partial charge in [0.1, 0.15) is 17.6 Å². The van der Waals surface area contributed by atoms with Crippen molar-refractivity contribution in [3.8, 4) is 5.75 Å². The molecule has 4 aromatic rings. The minimum atomic E-state index is -0.496. The van der Waals surface area contributed by atoms with Gasteiger partial charge in [0.2, 0.25) is 0 Å². The lowest BCUT2D eigenvalue weighted by Crippen LogP contribution is -2.39. The second kappa shape index (κ2) is 10.5. The minimum absolute atomic E-state index is 0.0629. The topological polar surface area (TPSA) is 111 Å². The van der Waals surface area contributed by atoms with Crippen molar-refractivity contribution in [1.82, 2.24) is 30.1 Å². The molecule has 37 heavy (non-hydrogen) atoms. The molecule has 1 saturated heterocycles. The molecule has 194 valence electrons. The molecule has 0 radical (unpaired) electrons. The third kappa shape index (κ3) is 4.91. The van der Waals surface area contributed by atoms with E-state index in [0.717, 1.165) is 67.5 Å². The summed E-state index contributed by atoms with van der Waals surface area (Å²) in [5.41, 5.74) is 1.17. The zero-order valence-corrected chi connectivity index (χ0v) is 21.0. The van der Waals surface area contributed by atoms with Gasteiger partial charge in [0, 0.05) is 29.6 Å². The highest BCUT2D eigenvalue weighted by Gasteiger charge is 2.35. The Bertz CT molecular complexity index is 1390. The molecule has 2 aliphatic rings. The number of aromatic nitrogens is 5. The van der Waals surface area contributed by atoms with Crippen molar-refractivity contribution in [2.24, 2.45) is 0 Å².